The topological polar surface area (TPSA) is 71.1 Å². The molecule has 0 saturated carbocycles. The fourth-order valence-electron chi connectivity index (χ4n) is 2.90. The Hall–Kier alpha value is -1.19. The number of imidazole rings is 1. The van der Waals surface area contributed by atoms with E-state index in [-0.39, 0.29) is 16.3 Å². The zero-order chi connectivity index (χ0) is 22.1. The number of aromatic nitrogens is 4. The van der Waals surface area contributed by atoms with Gasteiger partial charge in [0.2, 0.25) is 0 Å². The van der Waals surface area contributed by atoms with Gasteiger partial charge in [-0.15, -0.1) is 18.1 Å². The van der Waals surface area contributed by atoms with Gasteiger partial charge in [-0.2, -0.15) is 0 Å². The van der Waals surface area contributed by atoms with Crippen molar-refractivity contribution >= 4 is 35.4 Å². The van der Waals surface area contributed by atoms with Crippen molar-refractivity contribution < 1.29 is 4.43 Å². The summed E-state index contributed by atoms with van der Waals surface area (Å²) >= 11 is 3.45. The van der Waals surface area contributed by atoms with Gasteiger partial charge in [0.1, 0.15) is 0 Å². The van der Waals surface area contributed by atoms with Crippen LogP contribution in [0.15, 0.2) is 14.3 Å². The van der Waals surface area contributed by atoms with E-state index in [2.05, 4.69) is 68.6 Å². The molecular weight excluding hydrogens is 452 g/mol. The van der Waals surface area contributed by atoms with Gasteiger partial charge in [0.25, 0.3) is 5.56 Å². The molecule has 7 nitrogen and oxygen atoms in total. The minimum Gasteiger partial charge on any atom is -0.564 e. The Morgan fingerprint density at radius 3 is 2.31 bits per heavy atom. The lowest BCUT2D eigenvalue weighted by atomic mass is 10.1. The van der Waals surface area contributed by atoms with E-state index in [9.17, 15) is 9.59 Å². The van der Waals surface area contributed by atoms with Crippen LogP contribution in [0.25, 0.3) is 11.2 Å². The van der Waals surface area contributed by atoms with E-state index in [1.165, 1.54) is 9.13 Å². The fourth-order valence-corrected chi connectivity index (χ4v) is 4.51. The molecule has 0 saturated heterocycles. The van der Waals surface area contributed by atoms with Crippen LogP contribution in [-0.4, -0.2) is 33.6 Å². The summed E-state index contributed by atoms with van der Waals surface area (Å²) in [5, 5.41) is 0.133. The van der Waals surface area contributed by atoms with E-state index >= 15 is 0 Å². The average molecular weight is 488 g/mol. The fraction of sp³-hybridized carbons (Fsp3) is 0.750. The average Bonchev–Trinajstić information content (AvgIpc) is 2.93. The second-order valence-corrected chi connectivity index (χ2v) is 15.2. The smallest absolute Gasteiger partial charge is 0.332 e. The van der Waals surface area contributed by atoms with Gasteiger partial charge in [0, 0.05) is 26.7 Å². The molecule has 0 amide bonds. The minimum absolute atomic E-state index is 0.133. The molecule has 0 bridgehead atoms. The zero-order valence-electron chi connectivity index (χ0n) is 19.0. The number of fused-ring (bicyclic) bond motifs is 1. The lowest BCUT2D eigenvalue weighted by Gasteiger charge is -2.48. The minimum atomic E-state index is -1.84. The summed E-state index contributed by atoms with van der Waals surface area (Å²) in [5.41, 5.74) is 0.280. The van der Waals surface area contributed by atoms with Crippen LogP contribution in [-0.2, 0) is 24.6 Å². The first-order valence-electron chi connectivity index (χ1n) is 10.3. The molecule has 29 heavy (non-hydrogen) atoms. The highest BCUT2D eigenvalue weighted by molar-refractivity contribution is 9.10. The Bertz CT molecular complexity index is 983. The third-order valence-corrected chi connectivity index (χ3v) is 11.1. The lowest BCUT2D eigenvalue weighted by molar-refractivity contribution is 0.273. The van der Waals surface area contributed by atoms with Crippen molar-refractivity contribution in [3.63, 3.8) is 0 Å². The van der Waals surface area contributed by atoms with Crippen LogP contribution in [0.1, 0.15) is 47.5 Å². The third kappa shape index (κ3) is 5.11. The predicted molar refractivity (Wildman–Crippen MR) is 124 cm³/mol. The number of rotatable bonds is 8. The zero-order valence-corrected chi connectivity index (χ0v) is 21.6. The predicted octanol–water partition coefficient (Wildman–Crippen LogP) is 4.12. The molecule has 2 aromatic heterocycles. The van der Waals surface area contributed by atoms with Crippen molar-refractivity contribution in [2.75, 3.05) is 6.61 Å². The van der Waals surface area contributed by atoms with Gasteiger partial charge in [-0.25, -0.2) is 9.78 Å². The molecule has 0 unspecified atom stereocenters. The van der Waals surface area contributed by atoms with Crippen LogP contribution < -0.4 is 11.2 Å². The first-order valence-corrected chi connectivity index (χ1v) is 14.0. The van der Waals surface area contributed by atoms with E-state index in [1.54, 1.807) is 7.05 Å². The molecule has 165 valence electrons. The summed E-state index contributed by atoms with van der Waals surface area (Å²) in [6.45, 7) is 16.8. The summed E-state index contributed by atoms with van der Waals surface area (Å²) in [7, 11) is -0.177. The van der Waals surface area contributed by atoms with Crippen molar-refractivity contribution in [1.29, 1.82) is 0 Å². The van der Waals surface area contributed by atoms with Crippen molar-refractivity contribution in [2.45, 2.75) is 78.7 Å². The molecule has 0 atom stereocenters. The van der Waals surface area contributed by atoms with E-state index < -0.39 is 8.32 Å². The van der Waals surface area contributed by atoms with Gasteiger partial charge >= 0.3 is 5.69 Å². The molecule has 0 spiro atoms. The maximum atomic E-state index is 13.2. The van der Waals surface area contributed by atoms with Gasteiger partial charge in [0.15, 0.2) is 15.9 Å². The van der Waals surface area contributed by atoms with Crippen LogP contribution in [0, 0.1) is 5.92 Å². The Labute approximate surface area is 182 Å². The summed E-state index contributed by atoms with van der Waals surface area (Å²) in [6, 6.07) is 0. The van der Waals surface area contributed by atoms with E-state index in [0.717, 1.165) is 6.42 Å². The highest BCUT2D eigenvalue weighted by Gasteiger charge is 2.24. The van der Waals surface area contributed by atoms with Crippen LogP contribution >= 0.6 is 15.9 Å². The Balaban J connectivity index is 2.31. The van der Waals surface area contributed by atoms with Crippen LogP contribution in [0.5, 0.6) is 0 Å². The molecular formula is C20H35BrN4O3Si-. The SMILES string of the molecule is CC(C)CCn1c(Br)nc2c1c(=O)n(CCCO[Si-](C)(C)C(C)(C)C)c(=O)n2C. The van der Waals surface area contributed by atoms with Crippen molar-refractivity contribution in [3.8, 4) is 0 Å². The summed E-state index contributed by atoms with van der Waals surface area (Å²) in [5.74, 6) is 0.501. The van der Waals surface area contributed by atoms with E-state index in [0.29, 0.717) is 47.9 Å². The molecule has 0 fully saturated rings. The van der Waals surface area contributed by atoms with Crippen molar-refractivity contribution in [3.05, 3.63) is 25.6 Å². The second-order valence-electron chi connectivity index (χ2n) is 9.65. The second kappa shape index (κ2) is 8.89. The Morgan fingerprint density at radius 1 is 1.14 bits per heavy atom. The quantitative estimate of drug-likeness (QED) is 0.319. The maximum Gasteiger partial charge on any atom is 0.332 e. The van der Waals surface area contributed by atoms with Crippen LogP contribution in [0.3, 0.4) is 0 Å². The van der Waals surface area contributed by atoms with Gasteiger partial charge in [0.05, 0.1) is 0 Å². The van der Waals surface area contributed by atoms with E-state index in [4.69, 9.17) is 4.43 Å². The van der Waals surface area contributed by atoms with Gasteiger partial charge in [-0.05, 0) is 43.0 Å². The van der Waals surface area contributed by atoms with Crippen molar-refractivity contribution in [2.24, 2.45) is 13.0 Å². The molecule has 0 aliphatic heterocycles. The summed E-state index contributed by atoms with van der Waals surface area (Å²) in [6.07, 6.45) is 1.54. The molecule has 0 N–H and O–H groups in total. The van der Waals surface area contributed by atoms with E-state index in [1.807, 2.05) is 4.57 Å². The first-order chi connectivity index (χ1) is 13.3. The monoisotopic (exact) mass is 486 g/mol. The molecule has 0 aliphatic rings. The first kappa shape index (κ1) is 24.1. The lowest BCUT2D eigenvalue weighted by Crippen LogP contribution is -2.42. The third-order valence-electron chi connectivity index (χ3n) is 5.91. The molecule has 0 radical (unpaired) electrons. The number of hydrogen-bond donors (Lipinski definition) is 0. The molecule has 2 aromatic rings. The Morgan fingerprint density at radius 2 is 1.76 bits per heavy atom. The number of hydrogen-bond acceptors (Lipinski definition) is 4. The molecule has 2 heterocycles. The van der Waals surface area contributed by atoms with Crippen LogP contribution in [0.2, 0.25) is 18.1 Å². The largest absolute Gasteiger partial charge is 0.564 e. The normalized spacial score (nSPS) is 13.0. The standard InChI is InChI=1S/C20H35BrN4O3Si/c1-14(2)10-12-24-15-16(22-18(24)21)23(6)19(27)25(17(15)26)11-9-13-28-29(7,8)20(3,4)5/h14H,9-13H2,1-8H3/q-1. The maximum absolute atomic E-state index is 13.2. The molecule has 9 heteroatoms. The van der Waals surface area contributed by atoms with Gasteiger partial charge in [-0.3, -0.25) is 13.9 Å². The van der Waals surface area contributed by atoms with Crippen LogP contribution in [0.4, 0.5) is 0 Å². The molecule has 0 aromatic carbocycles. The highest BCUT2D eigenvalue weighted by Crippen LogP contribution is 2.36. The molecule has 2 rings (SSSR count). The molecule has 0 aliphatic carbocycles. The Kier molecular flexibility index (Phi) is 7.38. The number of aryl methyl sites for hydroxylation is 2. The van der Waals surface area contributed by atoms with Gasteiger partial charge < -0.3 is 8.99 Å². The summed E-state index contributed by atoms with van der Waals surface area (Å²) < 4.78 is 11.4. The summed E-state index contributed by atoms with van der Waals surface area (Å²) in [4.78, 5) is 30.4. The number of halogens is 1. The van der Waals surface area contributed by atoms with Crippen molar-refractivity contribution in [1.82, 2.24) is 18.7 Å². The van der Waals surface area contributed by atoms with Gasteiger partial charge in [-0.1, -0.05) is 34.6 Å². The highest BCUT2D eigenvalue weighted by atomic mass is 79.9. The number of nitrogens with zero attached hydrogens (tertiary/aromatic N) is 4.